The van der Waals surface area contributed by atoms with E-state index in [2.05, 4.69) is 93.7 Å². The van der Waals surface area contributed by atoms with Gasteiger partial charge in [0.1, 0.15) is 35.3 Å². The Bertz CT molecular complexity index is 1840. The van der Waals surface area contributed by atoms with Crippen LogP contribution in [0.1, 0.15) is 0 Å². The zero-order valence-corrected chi connectivity index (χ0v) is 26.8. The number of oxazole rings is 2. The first-order valence-corrected chi connectivity index (χ1v) is 14.1. The first kappa shape index (κ1) is 29.0. The first-order valence-electron chi connectivity index (χ1n) is 11.9. The second kappa shape index (κ2) is 12.1. The number of hydrogen-bond donors (Lipinski definition) is 0. The van der Waals surface area contributed by atoms with Gasteiger partial charge in [-0.25, -0.2) is 15.0 Å². The van der Waals surface area contributed by atoms with E-state index < -0.39 is 0 Å². The Kier molecular flexibility index (Phi) is 8.78. The molecule has 9 heteroatoms. The Hall–Kier alpha value is -2.56. The number of hydrogen-bond acceptors (Lipinski definition) is 5. The van der Waals surface area contributed by atoms with Gasteiger partial charge in [-0.3, -0.25) is 0 Å². The summed E-state index contributed by atoms with van der Waals surface area (Å²) in [7, 11) is 0. The van der Waals surface area contributed by atoms with E-state index in [0.29, 0.717) is 23.2 Å². The number of nitrogens with zero attached hydrogens (tertiary/aromatic N) is 3. The average molecular weight is 835 g/mol. The molecule has 0 N–H and O–H groups in total. The van der Waals surface area contributed by atoms with Crippen LogP contribution in [0.5, 0.6) is 0 Å². The van der Waals surface area contributed by atoms with E-state index in [1.807, 2.05) is 42.5 Å². The summed E-state index contributed by atoms with van der Waals surface area (Å²) in [5.41, 5.74) is 4.88. The number of fused-ring (bicyclic) bond motifs is 2. The van der Waals surface area contributed by atoms with Crippen molar-refractivity contribution in [2.45, 2.75) is 0 Å². The van der Waals surface area contributed by atoms with Gasteiger partial charge in [0, 0.05) is 51.8 Å². The van der Waals surface area contributed by atoms with Crippen LogP contribution < -0.4 is 0 Å². The Balaban J connectivity index is 0.00000161. The summed E-state index contributed by atoms with van der Waals surface area (Å²) in [4.78, 5) is 14.6. The van der Waals surface area contributed by atoms with E-state index in [1.54, 1.807) is 12.5 Å². The Morgan fingerprint density at radius 2 is 0.925 bits per heavy atom. The van der Waals surface area contributed by atoms with Gasteiger partial charge in [-0.1, -0.05) is 84.9 Å². The monoisotopic (exact) mass is 835 g/mol. The Morgan fingerprint density at radius 1 is 0.500 bits per heavy atom. The number of benzene rings is 4. The number of rotatable bonds is 4. The normalized spacial score (nSPS) is 10.8. The molecule has 0 bridgehead atoms. The van der Waals surface area contributed by atoms with Gasteiger partial charge in [0.25, 0.3) is 0 Å². The fraction of sp³-hybridized carbons (Fsp3) is 0. The summed E-state index contributed by atoms with van der Waals surface area (Å²) < 4.78 is 13.8. The predicted molar refractivity (Wildman–Crippen MR) is 167 cm³/mol. The Morgan fingerprint density at radius 3 is 1.40 bits per heavy atom. The molecule has 0 fully saturated rings. The zero-order valence-electron chi connectivity index (χ0n) is 20.4. The van der Waals surface area contributed by atoms with Crippen LogP contribution in [0.2, 0.25) is 0 Å². The van der Waals surface area contributed by atoms with Crippen molar-refractivity contribution in [3.8, 4) is 45.7 Å². The molecule has 0 aliphatic carbocycles. The van der Waals surface area contributed by atoms with Crippen molar-refractivity contribution in [2.75, 3.05) is 0 Å². The van der Waals surface area contributed by atoms with Gasteiger partial charge >= 0.3 is 0 Å². The van der Waals surface area contributed by atoms with Crippen LogP contribution in [0, 0.1) is 7.14 Å². The van der Waals surface area contributed by atoms with Crippen LogP contribution >= 0.6 is 45.2 Å². The third-order valence-corrected chi connectivity index (χ3v) is 8.12. The molecular weight excluding hydrogens is 818 g/mol. The minimum atomic E-state index is 0. The van der Waals surface area contributed by atoms with Gasteiger partial charge < -0.3 is 8.83 Å². The molecule has 0 atom stereocenters. The number of pyridine rings is 1. The molecule has 2 radical (unpaired) electrons. The molecule has 7 aromatic rings. The van der Waals surface area contributed by atoms with Crippen molar-refractivity contribution in [2.24, 2.45) is 0 Å². The average Bonchev–Trinajstić information content (AvgIpc) is 3.63. The van der Waals surface area contributed by atoms with Crippen molar-refractivity contribution < 1.29 is 42.4 Å². The largest absolute Gasteiger partial charge is 0.443 e. The summed E-state index contributed by atoms with van der Waals surface area (Å²) in [6.07, 6.45) is 3.38. The minimum absolute atomic E-state index is 0. The standard InChI is InChI=1S/C31H17I2N3O2.2Co/c32-24-15-25(33)29(31-35-27(17-38-31)23-14-6-10-19-8-2-4-12-21(19)23)36-28(24)30-34-26(16-37-30)22-13-5-9-18-7-1-3-11-20(18)22;;/h1-17H;;. The topological polar surface area (TPSA) is 65.0 Å². The molecule has 3 heterocycles. The maximum Gasteiger partial charge on any atom is 0.246 e. The van der Waals surface area contributed by atoms with Gasteiger partial charge in [-0.15, -0.1) is 0 Å². The third-order valence-electron chi connectivity index (χ3n) is 6.47. The first-order chi connectivity index (χ1) is 18.7. The number of aromatic nitrogens is 3. The third kappa shape index (κ3) is 5.26. The molecule has 3 aromatic heterocycles. The molecule has 0 spiro atoms. The second-order valence-electron chi connectivity index (χ2n) is 8.78. The molecular formula is C31H17Co2I2N3O2. The quantitative estimate of drug-likeness (QED) is 0.166. The molecule has 0 aliphatic heterocycles. The molecule has 200 valence electrons. The van der Waals surface area contributed by atoms with Gasteiger partial charge in [-0.2, -0.15) is 0 Å². The van der Waals surface area contributed by atoms with Crippen LogP contribution in [-0.4, -0.2) is 15.0 Å². The zero-order chi connectivity index (χ0) is 25.6. The van der Waals surface area contributed by atoms with Crippen LogP contribution in [-0.2, 0) is 33.6 Å². The van der Waals surface area contributed by atoms with Crippen molar-refractivity contribution in [3.63, 3.8) is 0 Å². The summed E-state index contributed by atoms with van der Waals surface area (Å²) in [6.45, 7) is 0. The fourth-order valence-electron chi connectivity index (χ4n) is 4.68. The molecule has 0 saturated heterocycles. The van der Waals surface area contributed by atoms with Gasteiger partial charge in [-0.05, 0) is 72.8 Å². The number of halogens is 2. The van der Waals surface area contributed by atoms with Crippen LogP contribution in [0.4, 0.5) is 0 Å². The van der Waals surface area contributed by atoms with E-state index in [4.69, 9.17) is 23.8 Å². The van der Waals surface area contributed by atoms with E-state index in [0.717, 1.165) is 51.2 Å². The van der Waals surface area contributed by atoms with Gasteiger partial charge in [0.15, 0.2) is 0 Å². The van der Waals surface area contributed by atoms with E-state index in [-0.39, 0.29) is 33.6 Å². The SMILES string of the molecule is Ic1cc(I)c(-c2nc(-c3cccc4ccccc34)co2)nc1-c1nc(-c2cccc3ccccc23)co1.[Co].[Co]. The fourth-order valence-corrected chi connectivity index (χ4v) is 6.60. The molecule has 40 heavy (non-hydrogen) atoms. The maximum absolute atomic E-state index is 5.96. The molecule has 0 saturated carbocycles. The molecule has 4 aromatic carbocycles. The van der Waals surface area contributed by atoms with Crippen molar-refractivity contribution in [3.05, 3.63) is 111 Å². The van der Waals surface area contributed by atoms with Crippen LogP contribution in [0.3, 0.4) is 0 Å². The van der Waals surface area contributed by atoms with Crippen LogP contribution in [0.25, 0.3) is 67.2 Å². The molecule has 0 unspecified atom stereocenters. The van der Waals surface area contributed by atoms with E-state index >= 15 is 0 Å². The van der Waals surface area contributed by atoms with Crippen molar-refractivity contribution in [1.82, 2.24) is 15.0 Å². The summed E-state index contributed by atoms with van der Waals surface area (Å²) >= 11 is 4.54. The van der Waals surface area contributed by atoms with Gasteiger partial charge in [0.2, 0.25) is 11.8 Å². The summed E-state index contributed by atoms with van der Waals surface area (Å²) in [5.74, 6) is 0.909. The second-order valence-corrected chi connectivity index (χ2v) is 11.1. The molecule has 5 nitrogen and oxygen atoms in total. The predicted octanol–water partition coefficient (Wildman–Crippen LogP) is 9.24. The van der Waals surface area contributed by atoms with Gasteiger partial charge in [0.05, 0.1) is 0 Å². The van der Waals surface area contributed by atoms with E-state index in [1.165, 1.54) is 0 Å². The molecule has 7 rings (SSSR count). The maximum atomic E-state index is 5.96. The summed E-state index contributed by atoms with van der Waals surface area (Å²) in [6, 6.07) is 30.9. The Labute approximate surface area is 277 Å². The van der Waals surface area contributed by atoms with Crippen molar-refractivity contribution >= 4 is 66.7 Å². The molecule has 0 amide bonds. The smallest absolute Gasteiger partial charge is 0.246 e. The molecule has 0 aliphatic rings. The summed E-state index contributed by atoms with van der Waals surface area (Å²) in [5, 5.41) is 4.57. The van der Waals surface area contributed by atoms with E-state index in [9.17, 15) is 0 Å². The van der Waals surface area contributed by atoms with Crippen LogP contribution in [0.15, 0.2) is 112 Å². The van der Waals surface area contributed by atoms with Crippen molar-refractivity contribution in [1.29, 1.82) is 0 Å². The minimum Gasteiger partial charge on any atom is -0.443 e.